The molecular formula is C12H14F3N3O2S. The normalized spacial score (nSPS) is 16.2. The van der Waals surface area contributed by atoms with Gasteiger partial charge in [0.25, 0.3) is 5.91 Å². The van der Waals surface area contributed by atoms with E-state index in [0.29, 0.717) is 37.5 Å². The van der Waals surface area contributed by atoms with Crippen LogP contribution in [0.1, 0.15) is 27.3 Å². The van der Waals surface area contributed by atoms with Gasteiger partial charge >= 0.3 is 6.18 Å². The maximum atomic E-state index is 12.6. The predicted octanol–water partition coefficient (Wildman–Crippen LogP) is 1.77. The van der Waals surface area contributed by atoms with Crippen LogP contribution in [0.15, 0.2) is 0 Å². The number of aryl methyl sites for hydroxylation is 1. The lowest BCUT2D eigenvalue weighted by molar-refractivity contribution is -0.137. The van der Waals surface area contributed by atoms with Crippen LogP contribution in [-0.4, -0.2) is 52.8 Å². The molecule has 2 heterocycles. The molecule has 21 heavy (non-hydrogen) atoms. The second-order valence-electron chi connectivity index (χ2n) is 4.73. The van der Waals surface area contributed by atoms with Gasteiger partial charge in [0.15, 0.2) is 5.01 Å². The Labute approximate surface area is 123 Å². The molecule has 116 valence electrons. The van der Waals surface area contributed by atoms with Gasteiger partial charge in [-0.05, 0) is 6.92 Å². The molecule has 1 saturated heterocycles. The van der Waals surface area contributed by atoms with Gasteiger partial charge in [0.05, 0.1) is 5.69 Å². The van der Waals surface area contributed by atoms with Gasteiger partial charge in [-0.25, -0.2) is 4.98 Å². The second kappa shape index (κ2) is 5.63. The molecule has 9 heteroatoms. The highest BCUT2D eigenvalue weighted by atomic mass is 32.1. The summed E-state index contributed by atoms with van der Waals surface area (Å²) in [6, 6.07) is 0. The topological polar surface area (TPSA) is 53.5 Å². The summed E-state index contributed by atoms with van der Waals surface area (Å²) < 4.78 is 37.8. The molecule has 0 radical (unpaired) electrons. The van der Waals surface area contributed by atoms with E-state index < -0.39 is 17.1 Å². The van der Waals surface area contributed by atoms with Crippen molar-refractivity contribution in [2.45, 2.75) is 20.0 Å². The van der Waals surface area contributed by atoms with Gasteiger partial charge in [0.2, 0.25) is 5.91 Å². The van der Waals surface area contributed by atoms with Gasteiger partial charge < -0.3 is 9.80 Å². The van der Waals surface area contributed by atoms with E-state index in [9.17, 15) is 22.8 Å². The Balaban J connectivity index is 2.11. The number of alkyl halides is 3. The number of hydrogen-bond donors (Lipinski definition) is 0. The monoisotopic (exact) mass is 321 g/mol. The zero-order valence-corrected chi connectivity index (χ0v) is 12.3. The number of hydrogen-bond acceptors (Lipinski definition) is 4. The number of aromatic nitrogens is 1. The molecule has 1 aromatic rings. The predicted molar refractivity (Wildman–Crippen MR) is 70.0 cm³/mol. The summed E-state index contributed by atoms with van der Waals surface area (Å²) in [6.45, 7) is 4.26. The number of halogens is 3. The minimum atomic E-state index is -4.54. The molecule has 0 aliphatic carbocycles. The highest BCUT2D eigenvalue weighted by molar-refractivity contribution is 7.13. The van der Waals surface area contributed by atoms with Crippen LogP contribution in [0.5, 0.6) is 0 Å². The van der Waals surface area contributed by atoms with Crippen molar-refractivity contribution in [1.82, 2.24) is 14.8 Å². The number of rotatable bonds is 1. The first-order valence-corrected chi connectivity index (χ1v) is 7.11. The van der Waals surface area contributed by atoms with Gasteiger partial charge in [-0.1, -0.05) is 0 Å². The molecule has 1 aromatic heterocycles. The first-order valence-electron chi connectivity index (χ1n) is 6.29. The summed E-state index contributed by atoms with van der Waals surface area (Å²) in [5, 5.41) is -1.01. The second-order valence-corrected chi connectivity index (χ2v) is 5.73. The number of amides is 2. The summed E-state index contributed by atoms with van der Waals surface area (Å²) >= 11 is 0.367. The van der Waals surface area contributed by atoms with Crippen molar-refractivity contribution >= 4 is 23.2 Å². The molecule has 0 spiro atoms. The van der Waals surface area contributed by atoms with Gasteiger partial charge in [0, 0.05) is 33.1 Å². The molecule has 0 aromatic carbocycles. The minimum absolute atomic E-state index is 0.0126. The number of carbonyl (C=O) groups is 2. The third-order valence-corrected chi connectivity index (χ3v) is 4.44. The first-order chi connectivity index (χ1) is 9.70. The van der Waals surface area contributed by atoms with E-state index in [0.717, 1.165) is 0 Å². The van der Waals surface area contributed by atoms with E-state index in [2.05, 4.69) is 4.98 Å². The zero-order chi connectivity index (χ0) is 15.8. The Morgan fingerprint density at radius 1 is 1.14 bits per heavy atom. The Hall–Kier alpha value is -1.64. The highest BCUT2D eigenvalue weighted by Crippen LogP contribution is 2.34. The van der Waals surface area contributed by atoms with Crippen molar-refractivity contribution in [3.63, 3.8) is 0 Å². The van der Waals surface area contributed by atoms with E-state index >= 15 is 0 Å². The summed E-state index contributed by atoms with van der Waals surface area (Å²) in [4.78, 5) is 30.0. The van der Waals surface area contributed by atoms with Gasteiger partial charge in [-0.2, -0.15) is 13.2 Å². The molecule has 2 rings (SSSR count). The summed E-state index contributed by atoms with van der Waals surface area (Å²) in [7, 11) is 0. The average molecular weight is 321 g/mol. The lowest BCUT2D eigenvalue weighted by atomic mass is 10.2. The molecule has 1 aliphatic rings. The molecule has 1 fully saturated rings. The van der Waals surface area contributed by atoms with Crippen molar-refractivity contribution < 1.29 is 22.8 Å². The highest BCUT2D eigenvalue weighted by Gasteiger charge is 2.37. The molecule has 0 atom stereocenters. The van der Waals surface area contributed by atoms with Crippen LogP contribution in [0.4, 0.5) is 13.2 Å². The number of piperazine rings is 1. The van der Waals surface area contributed by atoms with Crippen molar-refractivity contribution in [1.29, 1.82) is 0 Å². The molecule has 2 amide bonds. The lowest BCUT2D eigenvalue weighted by Gasteiger charge is -2.34. The molecule has 0 bridgehead atoms. The fourth-order valence-electron chi connectivity index (χ4n) is 2.08. The zero-order valence-electron chi connectivity index (χ0n) is 11.5. The SMILES string of the molecule is CC(=O)N1CCN(C(=O)c2sc(C(F)(F)F)nc2C)CC1. The number of thiazole rings is 1. The molecule has 0 saturated carbocycles. The van der Waals surface area contributed by atoms with Crippen LogP contribution in [-0.2, 0) is 11.0 Å². The standard InChI is InChI=1S/C12H14F3N3O2S/c1-7-9(21-11(16-7)12(13,14)15)10(20)18-5-3-17(4-6-18)8(2)19/h3-6H2,1-2H3. The summed E-state index contributed by atoms with van der Waals surface area (Å²) in [5.41, 5.74) is 0.0892. The fourth-order valence-corrected chi connectivity index (χ4v) is 2.99. The van der Waals surface area contributed by atoms with Gasteiger partial charge in [-0.15, -0.1) is 11.3 Å². The molecule has 5 nitrogen and oxygen atoms in total. The molecular weight excluding hydrogens is 307 g/mol. The summed E-state index contributed by atoms with van der Waals surface area (Å²) in [5.74, 6) is -0.529. The minimum Gasteiger partial charge on any atom is -0.339 e. The largest absolute Gasteiger partial charge is 0.443 e. The van der Waals surface area contributed by atoms with E-state index in [1.165, 1.54) is 18.7 Å². The van der Waals surface area contributed by atoms with E-state index in [-0.39, 0.29) is 16.5 Å². The van der Waals surface area contributed by atoms with Crippen molar-refractivity contribution in [2.75, 3.05) is 26.2 Å². The Kier molecular flexibility index (Phi) is 4.22. The van der Waals surface area contributed by atoms with Crippen LogP contribution < -0.4 is 0 Å². The van der Waals surface area contributed by atoms with E-state index in [1.54, 1.807) is 4.90 Å². The van der Waals surface area contributed by atoms with E-state index in [1.807, 2.05) is 0 Å². The fraction of sp³-hybridized carbons (Fsp3) is 0.583. The maximum Gasteiger partial charge on any atom is 0.443 e. The lowest BCUT2D eigenvalue weighted by Crippen LogP contribution is -2.50. The summed E-state index contributed by atoms with van der Waals surface area (Å²) in [6.07, 6.45) is -4.54. The Morgan fingerprint density at radius 3 is 2.10 bits per heavy atom. The van der Waals surface area contributed by atoms with Crippen molar-refractivity contribution in [3.05, 3.63) is 15.6 Å². The third kappa shape index (κ3) is 3.34. The molecule has 0 unspecified atom stereocenters. The Bertz CT molecular complexity index is 563. The average Bonchev–Trinajstić information content (AvgIpc) is 2.80. The maximum absolute atomic E-state index is 12.6. The van der Waals surface area contributed by atoms with Crippen LogP contribution in [0.3, 0.4) is 0 Å². The molecule has 0 N–H and O–H groups in total. The Morgan fingerprint density at radius 2 is 1.67 bits per heavy atom. The molecule has 1 aliphatic heterocycles. The van der Waals surface area contributed by atoms with Gasteiger partial charge in [-0.3, -0.25) is 9.59 Å². The third-order valence-electron chi connectivity index (χ3n) is 3.25. The van der Waals surface area contributed by atoms with Crippen LogP contribution in [0, 0.1) is 6.92 Å². The van der Waals surface area contributed by atoms with Crippen LogP contribution in [0.2, 0.25) is 0 Å². The quantitative estimate of drug-likeness (QED) is 0.792. The van der Waals surface area contributed by atoms with Crippen molar-refractivity contribution in [2.24, 2.45) is 0 Å². The number of nitrogens with zero attached hydrogens (tertiary/aromatic N) is 3. The van der Waals surface area contributed by atoms with Crippen LogP contribution in [0.25, 0.3) is 0 Å². The van der Waals surface area contributed by atoms with Crippen LogP contribution >= 0.6 is 11.3 Å². The number of carbonyl (C=O) groups excluding carboxylic acids is 2. The first kappa shape index (κ1) is 15.7. The van der Waals surface area contributed by atoms with Gasteiger partial charge in [0.1, 0.15) is 4.88 Å². The van der Waals surface area contributed by atoms with E-state index in [4.69, 9.17) is 0 Å². The smallest absolute Gasteiger partial charge is 0.339 e. The van der Waals surface area contributed by atoms with Crippen molar-refractivity contribution in [3.8, 4) is 0 Å².